The first kappa shape index (κ1) is 14.6. The Morgan fingerprint density at radius 3 is 2.85 bits per heavy atom. The number of nitriles is 1. The maximum atomic E-state index is 11.4. The average molecular weight is 294 g/mol. The van der Waals surface area contributed by atoms with Gasteiger partial charge in [-0.15, -0.1) is 11.3 Å². The molecule has 1 aliphatic rings. The Morgan fingerprint density at radius 2 is 2.30 bits per heavy atom. The van der Waals surface area contributed by atoms with E-state index in [4.69, 9.17) is 16.2 Å². The minimum atomic E-state index is -0.596. The molecule has 0 aliphatic carbocycles. The molecule has 0 saturated carbocycles. The largest absolute Gasteiger partial charge is 0.396 e. The fourth-order valence-corrected chi connectivity index (χ4v) is 3.54. The standard InChI is InChI=1S/C13H18N4O2S/c1-13(19-2)4-3-5-17(7-13)12-8(6-14)9(15)10(20-12)11(16)18/h3-5,7,15H2,1-2H3,(H2,16,18). The van der Waals surface area contributed by atoms with Crippen LogP contribution >= 0.6 is 11.3 Å². The Morgan fingerprint density at radius 1 is 1.60 bits per heavy atom. The minimum Gasteiger partial charge on any atom is -0.396 e. The summed E-state index contributed by atoms with van der Waals surface area (Å²) in [5.41, 5.74) is 11.4. The summed E-state index contributed by atoms with van der Waals surface area (Å²) in [6, 6.07) is 2.08. The van der Waals surface area contributed by atoms with E-state index >= 15 is 0 Å². The topological polar surface area (TPSA) is 105 Å². The van der Waals surface area contributed by atoms with Crippen molar-refractivity contribution < 1.29 is 9.53 Å². The number of nitrogens with two attached hydrogens (primary N) is 2. The predicted molar refractivity (Wildman–Crippen MR) is 78.8 cm³/mol. The second-order valence-electron chi connectivity index (χ2n) is 5.18. The molecule has 1 fully saturated rings. The number of rotatable bonds is 3. The summed E-state index contributed by atoms with van der Waals surface area (Å²) in [4.78, 5) is 13.7. The molecule has 1 amide bonds. The van der Waals surface area contributed by atoms with Gasteiger partial charge in [-0.2, -0.15) is 5.26 Å². The average Bonchev–Trinajstić information content (AvgIpc) is 2.76. The Labute approximate surface area is 121 Å². The van der Waals surface area contributed by atoms with Crippen LogP contribution in [0.4, 0.5) is 10.7 Å². The van der Waals surface area contributed by atoms with Gasteiger partial charge in [0.25, 0.3) is 5.91 Å². The van der Waals surface area contributed by atoms with Gasteiger partial charge in [0.1, 0.15) is 21.5 Å². The highest BCUT2D eigenvalue weighted by Crippen LogP contribution is 2.40. The van der Waals surface area contributed by atoms with Crippen molar-refractivity contribution in [3.8, 4) is 6.07 Å². The maximum Gasteiger partial charge on any atom is 0.261 e. The second-order valence-corrected chi connectivity index (χ2v) is 6.18. The van der Waals surface area contributed by atoms with Crippen molar-refractivity contribution in [2.75, 3.05) is 30.8 Å². The highest BCUT2D eigenvalue weighted by Gasteiger charge is 2.33. The van der Waals surface area contributed by atoms with Gasteiger partial charge in [-0.25, -0.2) is 0 Å². The van der Waals surface area contributed by atoms with Gasteiger partial charge in [-0.3, -0.25) is 4.79 Å². The number of piperidine rings is 1. The minimum absolute atomic E-state index is 0.185. The van der Waals surface area contributed by atoms with Gasteiger partial charge in [-0.1, -0.05) is 0 Å². The van der Waals surface area contributed by atoms with Crippen molar-refractivity contribution in [1.82, 2.24) is 0 Å². The summed E-state index contributed by atoms with van der Waals surface area (Å²) in [7, 11) is 1.69. The van der Waals surface area contributed by atoms with E-state index in [1.54, 1.807) is 7.11 Å². The highest BCUT2D eigenvalue weighted by atomic mass is 32.1. The zero-order valence-electron chi connectivity index (χ0n) is 11.6. The van der Waals surface area contributed by atoms with Crippen LogP contribution in [0.5, 0.6) is 0 Å². The molecular formula is C13H18N4O2S. The lowest BCUT2D eigenvalue weighted by atomic mass is 9.95. The van der Waals surface area contributed by atoms with Crippen LogP contribution in [0.2, 0.25) is 0 Å². The molecule has 6 nitrogen and oxygen atoms in total. The molecule has 4 N–H and O–H groups in total. The number of nitrogens with zero attached hydrogens (tertiary/aromatic N) is 2. The van der Waals surface area contributed by atoms with Gasteiger partial charge in [0.05, 0.1) is 11.3 Å². The van der Waals surface area contributed by atoms with E-state index in [2.05, 4.69) is 11.0 Å². The number of anilines is 2. The summed E-state index contributed by atoms with van der Waals surface area (Å²) in [5.74, 6) is -0.596. The van der Waals surface area contributed by atoms with Crippen molar-refractivity contribution in [1.29, 1.82) is 5.26 Å². The number of carbonyl (C=O) groups excluding carboxylic acids is 1. The first-order chi connectivity index (χ1) is 9.41. The van der Waals surface area contributed by atoms with Crippen LogP contribution < -0.4 is 16.4 Å². The van der Waals surface area contributed by atoms with Crippen molar-refractivity contribution in [3.63, 3.8) is 0 Å². The van der Waals surface area contributed by atoms with E-state index in [9.17, 15) is 10.1 Å². The molecule has 1 aliphatic heterocycles. The zero-order valence-corrected chi connectivity index (χ0v) is 12.4. The van der Waals surface area contributed by atoms with Crippen LogP contribution in [-0.2, 0) is 4.74 Å². The van der Waals surface area contributed by atoms with Crippen LogP contribution in [0, 0.1) is 11.3 Å². The Kier molecular flexibility index (Phi) is 3.88. The summed E-state index contributed by atoms with van der Waals surface area (Å²) >= 11 is 1.18. The zero-order chi connectivity index (χ0) is 14.9. The lowest BCUT2D eigenvalue weighted by Crippen LogP contribution is -2.47. The Hall–Kier alpha value is -1.78. The summed E-state index contributed by atoms with van der Waals surface area (Å²) in [6.45, 7) is 3.51. The predicted octanol–water partition coefficient (Wildman–Crippen LogP) is 1.31. The summed E-state index contributed by atoms with van der Waals surface area (Å²) < 4.78 is 5.55. The molecule has 1 saturated heterocycles. The number of amides is 1. The van der Waals surface area contributed by atoms with Gasteiger partial charge >= 0.3 is 0 Å². The van der Waals surface area contributed by atoms with Crippen LogP contribution in [-0.4, -0.2) is 31.7 Å². The van der Waals surface area contributed by atoms with E-state index in [1.165, 1.54) is 11.3 Å². The molecule has 1 aromatic heterocycles. The third kappa shape index (κ3) is 2.44. The smallest absolute Gasteiger partial charge is 0.261 e. The monoisotopic (exact) mass is 294 g/mol. The fraction of sp³-hybridized carbons (Fsp3) is 0.538. The van der Waals surface area contributed by atoms with Gasteiger partial charge in [-0.05, 0) is 19.8 Å². The van der Waals surface area contributed by atoms with Crippen molar-refractivity contribution in [3.05, 3.63) is 10.4 Å². The van der Waals surface area contributed by atoms with E-state index in [1.807, 2.05) is 6.92 Å². The number of thiophene rings is 1. The molecule has 20 heavy (non-hydrogen) atoms. The van der Waals surface area contributed by atoms with E-state index in [-0.39, 0.29) is 16.2 Å². The van der Waals surface area contributed by atoms with E-state index < -0.39 is 5.91 Å². The molecule has 0 aromatic carbocycles. The van der Waals surface area contributed by atoms with Gasteiger partial charge in [0.15, 0.2) is 0 Å². The number of hydrogen-bond acceptors (Lipinski definition) is 6. The number of primary amides is 1. The molecule has 108 valence electrons. The third-order valence-corrected chi connectivity index (χ3v) is 4.98. The van der Waals surface area contributed by atoms with Crippen molar-refractivity contribution >= 4 is 27.9 Å². The first-order valence-electron chi connectivity index (χ1n) is 6.34. The molecule has 7 heteroatoms. The Bertz CT molecular complexity index is 578. The lowest BCUT2D eigenvalue weighted by Gasteiger charge is -2.40. The lowest BCUT2D eigenvalue weighted by molar-refractivity contribution is -0.00452. The van der Waals surface area contributed by atoms with E-state index in [0.717, 1.165) is 19.4 Å². The molecular weight excluding hydrogens is 276 g/mol. The maximum absolute atomic E-state index is 11.4. The number of methoxy groups -OCH3 is 1. The van der Waals surface area contributed by atoms with E-state index in [0.29, 0.717) is 17.1 Å². The third-order valence-electron chi connectivity index (χ3n) is 3.70. The van der Waals surface area contributed by atoms with Crippen LogP contribution in [0.25, 0.3) is 0 Å². The van der Waals surface area contributed by atoms with Crippen molar-refractivity contribution in [2.24, 2.45) is 5.73 Å². The fourth-order valence-electron chi connectivity index (χ4n) is 2.49. The normalized spacial score (nSPS) is 22.6. The van der Waals surface area contributed by atoms with Crippen LogP contribution in [0.1, 0.15) is 35.0 Å². The number of hydrogen-bond donors (Lipinski definition) is 2. The number of carbonyl (C=O) groups is 1. The summed E-state index contributed by atoms with van der Waals surface area (Å²) in [6.07, 6.45) is 1.92. The van der Waals surface area contributed by atoms with Gasteiger partial charge in [0, 0.05) is 20.2 Å². The molecule has 0 spiro atoms. The Balaban J connectivity index is 2.40. The van der Waals surface area contributed by atoms with Gasteiger partial charge < -0.3 is 21.1 Å². The molecule has 0 bridgehead atoms. The van der Waals surface area contributed by atoms with Crippen molar-refractivity contribution in [2.45, 2.75) is 25.4 Å². The second kappa shape index (κ2) is 5.31. The summed E-state index contributed by atoms with van der Waals surface area (Å²) in [5, 5.41) is 9.99. The highest BCUT2D eigenvalue weighted by molar-refractivity contribution is 7.19. The van der Waals surface area contributed by atoms with Gasteiger partial charge in [0.2, 0.25) is 0 Å². The number of ether oxygens (including phenoxy) is 1. The number of nitrogen functional groups attached to an aromatic ring is 1. The molecule has 1 aromatic rings. The molecule has 1 atom stereocenters. The molecule has 2 rings (SSSR count). The van der Waals surface area contributed by atoms with Crippen LogP contribution in [0.15, 0.2) is 0 Å². The molecule has 2 heterocycles. The molecule has 1 unspecified atom stereocenters. The van der Waals surface area contributed by atoms with Crippen LogP contribution in [0.3, 0.4) is 0 Å². The molecule has 0 radical (unpaired) electrons. The SMILES string of the molecule is COC1(C)CCCN(c2sc(C(N)=O)c(N)c2C#N)C1. The first-order valence-corrected chi connectivity index (χ1v) is 7.16. The quantitative estimate of drug-likeness (QED) is 0.874.